The molecule has 1 unspecified atom stereocenters. The topological polar surface area (TPSA) is 151 Å². The third-order valence-corrected chi connectivity index (χ3v) is 6.11. The summed E-state index contributed by atoms with van der Waals surface area (Å²) in [5, 5.41) is 23.2. The van der Waals surface area contributed by atoms with Gasteiger partial charge >= 0.3 is 5.97 Å². The van der Waals surface area contributed by atoms with Crippen molar-refractivity contribution in [1.82, 2.24) is 14.9 Å². The number of nitrogens with zero attached hydrogens (tertiary/aromatic N) is 3. The fourth-order valence-electron chi connectivity index (χ4n) is 3.12. The number of carbonyl (C=O) groups is 3. The number of carboxylic acid groups (broad SMARTS) is 1. The molecule has 0 aliphatic heterocycles. The summed E-state index contributed by atoms with van der Waals surface area (Å²) in [6, 6.07) is 12.0. The summed E-state index contributed by atoms with van der Waals surface area (Å²) >= 11 is 4.60. The lowest BCUT2D eigenvalue weighted by atomic mass is 10.0. The number of hydrogen-bond acceptors (Lipinski definition) is 6. The average Bonchev–Trinajstić information content (AvgIpc) is 3.14. The molecule has 0 bridgehead atoms. The summed E-state index contributed by atoms with van der Waals surface area (Å²) in [6.07, 6.45) is 1.37. The van der Waals surface area contributed by atoms with Crippen LogP contribution < -0.4 is 11.1 Å². The van der Waals surface area contributed by atoms with Crippen LogP contribution in [-0.2, 0) is 14.4 Å². The molecule has 3 rings (SSSR count). The van der Waals surface area contributed by atoms with Gasteiger partial charge in [0, 0.05) is 17.2 Å². The maximum atomic E-state index is 12.3. The van der Waals surface area contributed by atoms with Gasteiger partial charge in [-0.15, -0.1) is 0 Å². The van der Waals surface area contributed by atoms with Gasteiger partial charge in [0.25, 0.3) is 0 Å². The van der Waals surface area contributed by atoms with Crippen LogP contribution in [0.4, 0.5) is 0 Å². The van der Waals surface area contributed by atoms with Gasteiger partial charge in [0.05, 0.1) is 29.3 Å². The predicted octanol–water partition coefficient (Wildman–Crippen LogP) is 2.59. The van der Waals surface area contributed by atoms with Crippen LogP contribution >= 0.6 is 27.7 Å². The molecular weight excluding hydrogens is 498 g/mol. The minimum absolute atomic E-state index is 0.0848. The third kappa shape index (κ3) is 5.27. The van der Waals surface area contributed by atoms with Gasteiger partial charge in [-0.25, -0.2) is 9.78 Å². The predicted molar refractivity (Wildman–Crippen MR) is 122 cm³/mol. The lowest BCUT2D eigenvalue weighted by molar-refractivity contribution is -0.141. The highest BCUT2D eigenvalue weighted by Crippen LogP contribution is 2.32. The number of carboxylic acids is 1. The lowest BCUT2D eigenvalue weighted by Crippen LogP contribution is -2.42. The Morgan fingerprint density at radius 1 is 1.25 bits per heavy atom. The van der Waals surface area contributed by atoms with Crippen molar-refractivity contribution in [2.45, 2.75) is 24.0 Å². The molecule has 1 heterocycles. The summed E-state index contributed by atoms with van der Waals surface area (Å²) in [6.45, 7) is 0. The van der Waals surface area contributed by atoms with Crippen LogP contribution in [-0.4, -0.2) is 44.2 Å². The fourth-order valence-corrected chi connectivity index (χ4v) is 4.50. The Kier molecular flexibility index (Phi) is 7.50. The second kappa shape index (κ2) is 10.3. The Labute approximate surface area is 195 Å². The van der Waals surface area contributed by atoms with E-state index in [0.29, 0.717) is 15.3 Å². The molecule has 0 saturated carbocycles. The van der Waals surface area contributed by atoms with Crippen LogP contribution in [0.25, 0.3) is 16.5 Å². The zero-order valence-corrected chi connectivity index (χ0v) is 19.0. The van der Waals surface area contributed by atoms with Crippen LogP contribution in [0, 0.1) is 11.3 Å². The lowest BCUT2D eigenvalue weighted by Gasteiger charge is -2.15. The fraction of sp³-hybridized carbons (Fsp3) is 0.190. The van der Waals surface area contributed by atoms with Gasteiger partial charge in [0.1, 0.15) is 10.6 Å². The number of carbonyl (C=O) groups excluding carboxylic acids is 2. The number of nitrogens with two attached hydrogens (primary N) is 1. The highest BCUT2D eigenvalue weighted by molar-refractivity contribution is 9.10. The van der Waals surface area contributed by atoms with E-state index in [1.807, 2.05) is 34.9 Å². The minimum atomic E-state index is -1.24. The molecule has 0 aliphatic rings. The first-order valence-corrected chi connectivity index (χ1v) is 11.2. The maximum Gasteiger partial charge on any atom is 0.326 e. The molecule has 32 heavy (non-hydrogen) atoms. The van der Waals surface area contributed by atoms with E-state index in [9.17, 15) is 24.8 Å². The largest absolute Gasteiger partial charge is 0.480 e. The van der Waals surface area contributed by atoms with Crippen LogP contribution in [0.3, 0.4) is 0 Å². The Hall–Kier alpha value is -3.36. The molecule has 9 nitrogen and oxygen atoms in total. The van der Waals surface area contributed by atoms with E-state index in [0.717, 1.165) is 28.2 Å². The molecule has 2 aromatic carbocycles. The first-order valence-electron chi connectivity index (χ1n) is 9.40. The molecular formula is C21H18BrN5O4S. The Morgan fingerprint density at radius 3 is 2.62 bits per heavy atom. The van der Waals surface area contributed by atoms with Crippen molar-refractivity contribution < 1.29 is 19.5 Å². The molecule has 1 aromatic heterocycles. The van der Waals surface area contributed by atoms with E-state index < -0.39 is 23.8 Å². The average molecular weight is 516 g/mol. The van der Waals surface area contributed by atoms with Crippen molar-refractivity contribution in [1.29, 1.82) is 5.26 Å². The zero-order valence-electron chi connectivity index (χ0n) is 16.6. The summed E-state index contributed by atoms with van der Waals surface area (Å²) in [4.78, 5) is 38.9. The molecule has 11 heteroatoms. The van der Waals surface area contributed by atoms with Crippen LogP contribution in [0.5, 0.6) is 0 Å². The summed E-state index contributed by atoms with van der Waals surface area (Å²) < 4.78 is 2.46. The number of rotatable bonds is 9. The van der Waals surface area contributed by atoms with Gasteiger partial charge in [-0.2, -0.15) is 5.26 Å². The summed E-state index contributed by atoms with van der Waals surface area (Å²) in [7, 11) is 0. The Bertz CT molecular complexity index is 1240. The number of halogens is 1. The smallest absolute Gasteiger partial charge is 0.326 e. The molecule has 0 spiro atoms. The van der Waals surface area contributed by atoms with Gasteiger partial charge in [-0.1, -0.05) is 36.0 Å². The van der Waals surface area contributed by atoms with E-state index in [1.165, 1.54) is 0 Å². The van der Waals surface area contributed by atoms with Gasteiger partial charge in [0.2, 0.25) is 11.8 Å². The minimum Gasteiger partial charge on any atom is -0.480 e. The number of aromatic nitrogens is 2. The number of aliphatic carboxylic acids is 1. The number of amides is 2. The van der Waals surface area contributed by atoms with E-state index in [2.05, 4.69) is 32.3 Å². The number of fused-ring (bicyclic) bond motifs is 1. The standard InChI is InChI=1S/C21H18BrN5O4S/c22-17-10-25-21(32-11-19(29)26-15(20(30)31)6-8-18(24)28)27(17)16-7-5-12(9-23)13-3-1-2-4-14(13)16/h1-5,7,10,15H,6,8,11H2,(H2,24,28)(H,26,29)(H,30,31). The number of thioether (sulfide) groups is 1. The molecule has 3 aromatic rings. The molecule has 2 amide bonds. The Balaban J connectivity index is 1.81. The van der Waals surface area contributed by atoms with Gasteiger partial charge in [-0.05, 0) is 34.5 Å². The van der Waals surface area contributed by atoms with Crippen LogP contribution in [0.2, 0.25) is 0 Å². The Morgan fingerprint density at radius 2 is 1.97 bits per heavy atom. The highest BCUT2D eigenvalue weighted by Gasteiger charge is 2.21. The molecule has 0 fully saturated rings. The molecule has 0 saturated heterocycles. The highest BCUT2D eigenvalue weighted by atomic mass is 79.9. The molecule has 164 valence electrons. The number of nitrogens with one attached hydrogen (secondary N) is 1. The molecule has 4 N–H and O–H groups in total. The molecule has 1 atom stereocenters. The van der Waals surface area contributed by atoms with Crippen LogP contribution in [0.15, 0.2) is 52.4 Å². The zero-order chi connectivity index (χ0) is 23.3. The number of hydrogen-bond donors (Lipinski definition) is 3. The quantitative estimate of drug-likeness (QED) is 0.370. The van der Waals surface area contributed by atoms with E-state index >= 15 is 0 Å². The first-order chi connectivity index (χ1) is 15.3. The van der Waals surface area contributed by atoms with Crippen molar-refractivity contribution in [3.8, 4) is 11.8 Å². The number of benzene rings is 2. The monoisotopic (exact) mass is 515 g/mol. The third-order valence-electron chi connectivity index (χ3n) is 4.59. The van der Waals surface area contributed by atoms with Crippen molar-refractivity contribution in [3.63, 3.8) is 0 Å². The number of imidazole rings is 1. The van der Waals surface area contributed by atoms with Gasteiger partial charge in [0.15, 0.2) is 5.16 Å². The second-order valence-electron chi connectivity index (χ2n) is 6.74. The van der Waals surface area contributed by atoms with E-state index in [1.54, 1.807) is 12.3 Å². The van der Waals surface area contributed by atoms with Crippen LogP contribution in [0.1, 0.15) is 18.4 Å². The van der Waals surface area contributed by atoms with Crippen molar-refractivity contribution in [2.24, 2.45) is 5.73 Å². The van der Waals surface area contributed by atoms with E-state index in [-0.39, 0.29) is 18.6 Å². The van der Waals surface area contributed by atoms with E-state index in [4.69, 9.17) is 5.73 Å². The molecule has 0 radical (unpaired) electrons. The van der Waals surface area contributed by atoms with Gasteiger partial charge in [-0.3, -0.25) is 14.2 Å². The van der Waals surface area contributed by atoms with Gasteiger partial charge < -0.3 is 16.2 Å². The van der Waals surface area contributed by atoms with Crippen molar-refractivity contribution in [2.75, 3.05) is 5.75 Å². The summed E-state index contributed by atoms with van der Waals surface area (Å²) in [5.74, 6) is -2.47. The SMILES string of the molecule is N#Cc1ccc(-n2c(Br)cnc2SCC(=O)NC(CCC(N)=O)C(=O)O)c2ccccc12. The number of primary amides is 1. The maximum absolute atomic E-state index is 12.3. The normalized spacial score (nSPS) is 11.6. The molecule has 0 aliphatic carbocycles. The second-order valence-corrected chi connectivity index (χ2v) is 8.50. The summed E-state index contributed by atoms with van der Waals surface area (Å²) in [5.41, 5.74) is 6.38. The van der Waals surface area contributed by atoms with Crippen molar-refractivity contribution in [3.05, 3.63) is 52.8 Å². The first kappa shape index (κ1) is 23.3. The van der Waals surface area contributed by atoms with Crippen molar-refractivity contribution >= 4 is 56.2 Å². The number of nitriles is 1.